The molecule has 0 saturated carbocycles. The van der Waals surface area contributed by atoms with Crippen LogP contribution in [0.1, 0.15) is 57.1 Å². The summed E-state index contributed by atoms with van der Waals surface area (Å²) < 4.78 is 0. The van der Waals surface area contributed by atoms with Crippen molar-refractivity contribution in [1.29, 1.82) is 0 Å². The molecule has 0 aromatic carbocycles. The standard InChI is InChI=1S/C16H20N4O2S/c1-9-13(14-11(19-9)5-2-6-12(14)21)15(22)18-7-3-4-10-8-23-16(17)20-10/h8,19H,2-7H2,1H3,(H2,17,20)(H,18,22). The molecule has 2 aromatic rings. The molecule has 23 heavy (non-hydrogen) atoms. The number of aromatic nitrogens is 2. The molecule has 0 unspecified atom stereocenters. The highest BCUT2D eigenvalue weighted by Gasteiger charge is 2.27. The lowest BCUT2D eigenvalue weighted by Gasteiger charge is -2.12. The number of hydrogen-bond donors (Lipinski definition) is 3. The molecule has 0 bridgehead atoms. The fourth-order valence-electron chi connectivity index (χ4n) is 3.02. The third kappa shape index (κ3) is 3.29. The minimum absolute atomic E-state index is 0.0682. The molecular weight excluding hydrogens is 312 g/mol. The van der Waals surface area contributed by atoms with E-state index in [-0.39, 0.29) is 11.7 Å². The lowest BCUT2D eigenvalue weighted by molar-refractivity contribution is 0.0927. The van der Waals surface area contributed by atoms with Crippen molar-refractivity contribution >= 4 is 28.2 Å². The summed E-state index contributed by atoms with van der Waals surface area (Å²) in [7, 11) is 0. The summed E-state index contributed by atoms with van der Waals surface area (Å²) in [5.41, 5.74) is 9.33. The average Bonchev–Trinajstić information content (AvgIpc) is 3.07. The Bertz CT molecular complexity index is 747. The molecule has 0 radical (unpaired) electrons. The van der Waals surface area contributed by atoms with E-state index >= 15 is 0 Å². The molecule has 2 aromatic heterocycles. The highest BCUT2D eigenvalue weighted by atomic mass is 32.1. The first kappa shape index (κ1) is 15.7. The van der Waals surface area contributed by atoms with Crippen LogP contribution in [0.25, 0.3) is 0 Å². The number of thiazole rings is 1. The zero-order valence-corrected chi connectivity index (χ0v) is 13.9. The summed E-state index contributed by atoms with van der Waals surface area (Å²) in [6, 6.07) is 0. The third-order valence-electron chi connectivity index (χ3n) is 4.07. The van der Waals surface area contributed by atoms with E-state index in [2.05, 4.69) is 15.3 Å². The minimum atomic E-state index is -0.173. The number of hydrogen-bond acceptors (Lipinski definition) is 5. The van der Waals surface area contributed by atoms with Gasteiger partial charge in [-0.3, -0.25) is 9.59 Å². The van der Waals surface area contributed by atoms with E-state index in [0.29, 0.717) is 29.2 Å². The van der Waals surface area contributed by atoms with Crippen LogP contribution in [0.5, 0.6) is 0 Å². The van der Waals surface area contributed by atoms with E-state index in [1.54, 1.807) is 0 Å². The zero-order chi connectivity index (χ0) is 16.4. The highest BCUT2D eigenvalue weighted by molar-refractivity contribution is 7.13. The fourth-order valence-corrected chi connectivity index (χ4v) is 3.61. The summed E-state index contributed by atoms with van der Waals surface area (Å²) >= 11 is 1.42. The number of nitrogens with one attached hydrogen (secondary N) is 2. The molecular formula is C16H20N4O2S. The summed E-state index contributed by atoms with van der Waals surface area (Å²) in [6.07, 6.45) is 3.77. The molecule has 1 amide bonds. The van der Waals surface area contributed by atoms with Crippen LogP contribution in [0.4, 0.5) is 5.13 Å². The van der Waals surface area contributed by atoms with E-state index in [1.807, 2.05) is 12.3 Å². The second kappa shape index (κ2) is 6.54. The van der Waals surface area contributed by atoms with Crippen LogP contribution in [0.3, 0.4) is 0 Å². The molecule has 0 aliphatic heterocycles. The van der Waals surface area contributed by atoms with Gasteiger partial charge in [0.25, 0.3) is 5.91 Å². The maximum absolute atomic E-state index is 12.4. The number of anilines is 1. The van der Waals surface area contributed by atoms with E-state index < -0.39 is 0 Å². The van der Waals surface area contributed by atoms with Crippen LogP contribution in [0.2, 0.25) is 0 Å². The van der Waals surface area contributed by atoms with Gasteiger partial charge in [-0.2, -0.15) is 0 Å². The van der Waals surface area contributed by atoms with Gasteiger partial charge in [0, 0.05) is 29.7 Å². The molecule has 1 aliphatic rings. The lowest BCUT2D eigenvalue weighted by Crippen LogP contribution is -2.27. The maximum atomic E-state index is 12.4. The van der Waals surface area contributed by atoms with Crippen molar-refractivity contribution in [3.05, 3.63) is 33.6 Å². The van der Waals surface area contributed by atoms with Crippen molar-refractivity contribution in [2.45, 2.75) is 39.0 Å². The quantitative estimate of drug-likeness (QED) is 0.731. The van der Waals surface area contributed by atoms with Crippen molar-refractivity contribution in [3.8, 4) is 0 Å². The summed E-state index contributed by atoms with van der Waals surface area (Å²) in [5, 5.41) is 5.41. The van der Waals surface area contributed by atoms with Gasteiger partial charge in [0.15, 0.2) is 10.9 Å². The predicted molar refractivity (Wildman–Crippen MR) is 90.0 cm³/mol. The average molecular weight is 332 g/mol. The molecule has 2 heterocycles. The van der Waals surface area contributed by atoms with Gasteiger partial charge >= 0.3 is 0 Å². The van der Waals surface area contributed by atoms with Crippen LogP contribution in [0, 0.1) is 6.92 Å². The number of H-pyrrole nitrogens is 1. The van der Waals surface area contributed by atoms with Gasteiger partial charge in [-0.05, 0) is 32.6 Å². The van der Waals surface area contributed by atoms with Crippen LogP contribution in [-0.4, -0.2) is 28.2 Å². The van der Waals surface area contributed by atoms with E-state index in [0.717, 1.165) is 42.8 Å². The van der Waals surface area contributed by atoms with Crippen molar-refractivity contribution < 1.29 is 9.59 Å². The Kier molecular flexibility index (Phi) is 4.47. The second-order valence-corrected chi connectivity index (χ2v) is 6.68. The van der Waals surface area contributed by atoms with Crippen LogP contribution in [-0.2, 0) is 12.8 Å². The molecule has 0 spiro atoms. The molecule has 4 N–H and O–H groups in total. The van der Waals surface area contributed by atoms with Crippen LogP contribution < -0.4 is 11.1 Å². The number of aromatic amines is 1. The number of Topliss-reactive ketones (excluding diaryl/α,β-unsaturated/α-hetero) is 1. The van der Waals surface area contributed by atoms with E-state index in [9.17, 15) is 9.59 Å². The Morgan fingerprint density at radius 1 is 1.48 bits per heavy atom. The number of aryl methyl sites for hydroxylation is 3. The SMILES string of the molecule is Cc1[nH]c2c(c1C(=O)NCCCc1csc(N)n1)C(=O)CCC2. The normalized spacial score (nSPS) is 13.9. The van der Waals surface area contributed by atoms with Crippen molar-refractivity contribution in [1.82, 2.24) is 15.3 Å². The van der Waals surface area contributed by atoms with Crippen molar-refractivity contribution in [2.75, 3.05) is 12.3 Å². The third-order valence-corrected chi connectivity index (χ3v) is 4.79. The van der Waals surface area contributed by atoms with Gasteiger partial charge in [-0.25, -0.2) is 4.98 Å². The zero-order valence-electron chi connectivity index (χ0n) is 13.1. The Morgan fingerprint density at radius 2 is 2.30 bits per heavy atom. The number of nitrogens with two attached hydrogens (primary N) is 1. The molecule has 3 rings (SSSR count). The van der Waals surface area contributed by atoms with Gasteiger partial charge in [0.1, 0.15) is 0 Å². The highest BCUT2D eigenvalue weighted by Crippen LogP contribution is 2.26. The number of nitrogen functional groups attached to an aromatic ring is 1. The number of amides is 1. The first-order valence-electron chi connectivity index (χ1n) is 7.79. The molecule has 7 heteroatoms. The Hall–Kier alpha value is -2.15. The van der Waals surface area contributed by atoms with Crippen LogP contribution in [0.15, 0.2) is 5.38 Å². The van der Waals surface area contributed by atoms with Gasteiger partial charge in [0.05, 0.1) is 16.8 Å². The number of fused-ring (bicyclic) bond motifs is 1. The van der Waals surface area contributed by atoms with E-state index in [4.69, 9.17) is 5.73 Å². The molecule has 6 nitrogen and oxygen atoms in total. The lowest BCUT2D eigenvalue weighted by atomic mass is 9.93. The van der Waals surface area contributed by atoms with Crippen LogP contribution >= 0.6 is 11.3 Å². The topological polar surface area (TPSA) is 101 Å². The Morgan fingerprint density at radius 3 is 3.04 bits per heavy atom. The summed E-state index contributed by atoms with van der Waals surface area (Å²) in [6.45, 7) is 2.39. The largest absolute Gasteiger partial charge is 0.375 e. The Labute approximate surface area is 138 Å². The van der Waals surface area contributed by atoms with Gasteiger partial charge in [0.2, 0.25) is 0 Å². The predicted octanol–water partition coefficient (Wildman–Crippen LogP) is 2.24. The second-order valence-electron chi connectivity index (χ2n) is 5.79. The van der Waals surface area contributed by atoms with Gasteiger partial charge in [-0.15, -0.1) is 11.3 Å². The fraction of sp³-hybridized carbons (Fsp3) is 0.438. The van der Waals surface area contributed by atoms with Crippen molar-refractivity contribution in [2.24, 2.45) is 0 Å². The number of ketones is 1. The Balaban J connectivity index is 1.60. The molecule has 1 aliphatic carbocycles. The van der Waals surface area contributed by atoms with Gasteiger partial charge in [-0.1, -0.05) is 0 Å². The smallest absolute Gasteiger partial charge is 0.253 e. The van der Waals surface area contributed by atoms with Gasteiger partial charge < -0.3 is 16.0 Å². The number of carbonyl (C=O) groups is 2. The van der Waals surface area contributed by atoms with E-state index in [1.165, 1.54) is 11.3 Å². The number of rotatable bonds is 5. The molecule has 122 valence electrons. The first-order chi connectivity index (χ1) is 11.1. The monoisotopic (exact) mass is 332 g/mol. The molecule has 0 saturated heterocycles. The van der Waals surface area contributed by atoms with Crippen molar-refractivity contribution in [3.63, 3.8) is 0 Å². The number of nitrogens with zero attached hydrogens (tertiary/aromatic N) is 1. The first-order valence-corrected chi connectivity index (χ1v) is 8.67. The minimum Gasteiger partial charge on any atom is -0.375 e. The summed E-state index contributed by atoms with van der Waals surface area (Å²) in [5.74, 6) is -0.105. The molecule has 0 fully saturated rings. The summed E-state index contributed by atoms with van der Waals surface area (Å²) in [4.78, 5) is 31.9. The number of carbonyl (C=O) groups excluding carboxylic acids is 2. The molecule has 0 atom stereocenters. The maximum Gasteiger partial charge on any atom is 0.253 e.